The Hall–Kier alpha value is -2.16. The van der Waals surface area contributed by atoms with Crippen molar-refractivity contribution in [3.63, 3.8) is 0 Å². The topological polar surface area (TPSA) is 83.5 Å². The lowest BCUT2D eigenvalue weighted by Gasteiger charge is -2.58. The summed E-state index contributed by atoms with van der Waals surface area (Å²) in [6.07, 6.45) is -0.287. The minimum atomic E-state index is -1.37. The Labute approximate surface area is 161 Å². The summed E-state index contributed by atoms with van der Waals surface area (Å²) in [5, 5.41) is 0. The van der Waals surface area contributed by atoms with Gasteiger partial charge in [-0.05, 0) is 23.3 Å². The first kappa shape index (κ1) is 16.8. The van der Waals surface area contributed by atoms with E-state index in [1.54, 1.807) is 11.9 Å². The molecule has 6 rings (SSSR count). The molecule has 1 saturated carbocycles. The van der Waals surface area contributed by atoms with Gasteiger partial charge in [0.15, 0.2) is 23.4 Å². The molecule has 0 aromatic heterocycles. The van der Waals surface area contributed by atoms with Crippen molar-refractivity contribution in [3.8, 4) is 11.5 Å². The second kappa shape index (κ2) is 4.87. The smallest absolute Gasteiger partial charge is 0.231 e. The Kier molecular flexibility index (Phi) is 2.92. The van der Waals surface area contributed by atoms with E-state index < -0.39 is 22.8 Å². The van der Waals surface area contributed by atoms with Crippen molar-refractivity contribution in [2.24, 2.45) is 0 Å². The Morgan fingerprint density at radius 1 is 1.14 bits per heavy atom. The van der Waals surface area contributed by atoms with Crippen molar-refractivity contribution in [3.05, 3.63) is 23.3 Å². The van der Waals surface area contributed by atoms with Crippen LogP contribution in [0.2, 0.25) is 0 Å². The van der Waals surface area contributed by atoms with Crippen molar-refractivity contribution in [1.29, 1.82) is 0 Å². The number of hydrogen-bond acceptors (Lipinski definition) is 7. The third-order valence-corrected chi connectivity index (χ3v) is 7.63. The number of hydrogen-bond donors (Lipinski definition) is 0. The fourth-order valence-corrected chi connectivity index (χ4v) is 6.64. The molecule has 8 heteroatoms. The molecule has 0 radical (unpaired) electrons. The molecule has 5 atom stereocenters. The first-order valence-corrected chi connectivity index (χ1v) is 9.43. The van der Waals surface area contributed by atoms with Gasteiger partial charge in [0.1, 0.15) is 5.54 Å². The zero-order valence-corrected chi connectivity index (χ0v) is 15.9. The predicted octanol–water partition coefficient (Wildman–Crippen LogP) is 1.06. The standard InChI is InChI=1S/C20H21NO7/c1-21-16(23)8-18-6-12(22)17(24-2)20(25-3)19(18,21)7-15(28-20)10-4-13-14(5-11(10)18)27-9-26-13/h4-5,15,17H,6-9H2,1-3H3/t15-,17+,18+,19-,20-/m0/s1. The molecule has 5 aliphatic rings. The van der Waals surface area contributed by atoms with E-state index in [1.165, 1.54) is 14.2 Å². The lowest BCUT2D eigenvalue weighted by molar-refractivity contribution is -0.308. The molecule has 2 bridgehead atoms. The molecule has 2 aliphatic carbocycles. The maximum atomic E-state index is 13.2. The molecule has 1 spiro atoms. The number of carbonyl (C=O) groups excluding carboxylic acids is 2. The third kappa shape index (κ3) is 1.44. The molecule has 148 valence electrons. The highest BCUT2D eigenvalue weighted by Gasteiger charge is 2.84. The SMILES string of the molecule is CO[C@@H]1C(=O)C[C@]23CC(=O)N(C)[C@@]24C[C@H](O[C@@]14OC)c1cc2c(cc13)OCO2. The number of Topliss-reactive ketones (excluding diaryl/α,β-unsaturated/α-hetero) is 1. The second-order valence-corrected chi connectivity index (χ2v) is 8.31. The first-order valence-electron chi connectivity index (χ1n) is 9.43. The number of ether oxygens (including phenoxy) is 5. The lowest BCUT2D eigenvalue weighted by atomic mass is 9.51. The minimum Gasteiger partial charge on any atom is -0.454 e. The zero-order chi connectivity index (χ0) is 19.5. The van der Waals surface area contributed by atoms with E-state index in [2.05, 4.69) is 0 Å². The van der Waals surface area contributed by atoms with Crippen LogP contribution >= 0.6 is 0 Å². The van der Waals surface area contributed by atoms with Crippen molar-refractivity contribution in [2.45, 2.75) is 48.2 Å². The maximum absolute atomic E-state index is 13.2. The number of nitrogens with zero attached hydrogens (tertiary/aromatic N) is 1. The van der Waals surface area contributed by atoms with E-state index in [0.717, 1.165) is 11.1 Å². The summed E-state index contributed by atoms with van der Waals surface area (Å²) in [5.74, 6) is -0.217. The molecule has 2 saturated heterocycles. The first-order chi connectivity index (χ1) is 13.4. The van der Waals surface area contributed by atoms with Crippen LogP contribution in [-0.2, 0) is 29.2 Å². The van der Waals surface area contributed by atoms with Gasteiger partial charge in [-0.1, -0.05) is 0 Å². The van der Waals surface area contributed by atoms with Crippen molar-refractivity contribution in [2.75, 3.05) is 28.1 Å². The van der Waals surface area contributed by atoms with Crippen LogP contribution in [0.4, 0.5) is 0 Å². The number of methoxy groups -OCH3 is 2. The molecule has 8 nitrogen and oxygen atoms in total. The van der Waals surface area contributed by atoms with E-state index >= 15 is 0 Å². The number of carbonyl (C=O) groups is 2. The highest BCUT2D eigenvalue weighted by atomic mass is 16.7. The van der Waals surface area contributed by atoms with Crippen molar-refractivity contribution >= 4 is 11.7 Å². The minimum absolute atomic E-state index is 0.0271. The van der Waals surface area contributed by atoms with Gasteiger partial charge in [-0.15, -0.1) is 0 Å². The van der Waals surface area contributed by atoms with Gasteiger partial charge in [-0.25, -0.2) is 0 Å². The summed E-state index contributed by atoms with van der Waals surface area (Å²) in [7, 11) is 4.79. The molecule has 3 aliphatic heterocycles. The summed E-state index contributed by atoms with van der Waals surface area (Å²) >= 11 is 0. The molecule has 3 heterocycles. The van der Waals surface area contributed by atoms with Crippen molar-refractivity contribution in [1.82, 2.24) is 4.90 Å². The summed E-state index contributed by atoms with van der Waals surface area (Å²) in [4.78, 5) is 28.0. The number of likely N-dealkylation sites (tertiary alicyclic amines) is 1. The molecular weight excluding hydrogens is 366 g/mol. The Morgan fingerprint density at radius 3 is 2.61 bits per heavy atom. The molecular formula is C20H21NO7. The van der Waals surface area contributed by atoms with Crippen LogP contribution in [0.3, 0.4) is 0 Å². The fourth-order valence-electron chi connectivity index (χ4n) is 6.64. The highest BCUT2D eigenvalue weighted by Crippen LogP contribution is 2.72. The Balaban J connectivity index is 1.71. The maximum Gasteiger partial charge on any atom is 0.231 e. The van der Waals surface area contributed by atoms with Gasteiger partial charge in [0, 0.05) is 45.9 Å². The fraction of sp³-hybridized carbons (Fsp3) is 0.600. The van der Waals surface area contributed by atoms with Crippen LogP contribution in [0, 0.1) is 0 Å². The largest absolute Gasteiger partial charge is 0.454 e. The van der Waals surface area contributed by atoms with Gasteiger partial charge in [-0.2, -0.15) is 0 Å². The highest BCUT2D eigenvalue weighted by molar-refractivity contribution is 5.94. The average molecular weight is 387 g/mol. The average Bonchev–Trinajstić information content (AvgIpc) is 3.33. The van der Waals surface area contributed by atoms with E-state index in [9.17, 15) is 9.59 Å². The number of fused-ring (bicyclic) bond motifs is 4. The van der Waals surface area contributed by atoms with Gasteiger partial charge in [0.25, 0.3) is 0 Å². The molecule has 1 aromatic rings. The molecule has 0 unspecified atom stereocenters. The van der Waals surface area contributed by atoms with Crippen molar-refractivity contribution < 1.29 is 33.3 Å². The van der Waals surface area contributed by atoms with E-state index in [-0.39, 0.29) is 37.4 Å². The zero-order valence-electron chi connectivity index (χ0n) is 15.9. The van der Waals surface area contributed by atoms with E-state index in [4.69, 9.17) is 23.7 Å². The Morgan fingerprint density at radius 2 is 1.89 bits per heavy atom. The molecule has 28 heavy (non-hydrogen) atoms. The Bertz CT molecular complexity index is 947. The molecule has 1 aromatic carbocycles. The van der Waals surface area contributed by atoms with Crippen LogP contribution < -0.4 is 9.47 Å². The third-order valence-electron chi connectivity index (χ3n) is 7.63. The van der Waals surface area contributed by atoms with Gasteiger partial charge >= 0.3 is 0 Å². The lowest BCUT2D eigenvalue weighted by Crippen LogP contribution is -2.77. The van der Waals surface area contributed by atoms with Crippen LogP contribution in [0.5, 0.6) is 11.5 Å². The number of ketones is 1. The van der Waals surface area contributed by atoms with E-state index in [0.29, 0.717) is 17.9 Å². The van der Waals surface area contributed by atoms with Gasteiger partial charge in [0.2, 0.25) is 18.5 Å². The summed E-state index contributed by atoms with van der Waals surface area (Å²) in [6, 6.07) is 3.86. The molecule has 3 fully saturated rings. The second-order valence-electron chi connectivity index (χ2n) is 8.31. The van der Waals surface area contributed by atoms with Crippen LogP contribution in [0.1, 0.15) is 36.5 Å². The summed E-state index contributed by atoms with van der Waals surface area (Å²) < 4.78 is 29.3. The predicted molar refractivity (Wildman–Crippen MR) is 93.0 cm³/mol. The van der Waals surface area contributed by atoms with Gasteiger partial charge < -0.3 is 28.6 Å². The molecule has 0 N–H and O–H groups in total. The van der Waals surface area contributed by atoms with Gasteiger partial charge in [-0.3, -0.25) is 9.59 Å². The number of benzene rings is 1. The quantitative estimate of drug-likeness (QED) is 0.750. The monoisotopic (exact) mass is 387 g/mol. The number of amides is 1. The number of rotatable bonds is 2. The van der Waals surface area contributed by atoms with Crippen LogP contribution in [0.25, 0.3) is 0 Å². The van der Waals surface area contributed by atoms with E-state index in [1.807, 2.05) is 12.1 Å². The van der Waals surface area contributed by atoms with Crippen LogP contribution in [0.15, 0.2) is 12.1 Å². The summed E-state index contributed by atoms with van der Waals surface area (Å²) in [5.41, 5.74) is 0.273. The number of likely N-dealkylation sites (N-methyl/N-ethyl adjacent to an activating group) is 1. The molecule has 1 amide bonds. The van der Waals surface area contributed by atoms with Gasteiger partial charge in [0.05, 0.1) is 6.10 Å². The summed E-state index contributed by atoms with van der Waals surface area (Å²) in [6.45, 7) is 0.160. The normalized spacial score (nSPS) is 42.0. The van der Waals surface area contributed by atoms with Crippen LogP contribution in [-0.4, -0.2) is 62.1 Å².